The number of hydrogen-bond acceptors (Lipinski definition) is 7. The van der Waals surface area contributed by atoms with E-state index in [1.807, 2.05) is 6.07 Å². The number of aliphatic imine (C=N–C) groups is 1. The monoisotopic (exact) mass is 506 g/mol. The fourth-order valence-corrected chi connectivity index (χ4v) is 5.02. The van der Waals surface area contributed by atoms with E-state index in [1.165, 1.54) is 29.2 Å². The number of tetrazole rings is 1. The molecule has 180 valence electrons. The third-order valence-corrected chi connectivity index (χ3v) is 6.67. The second-order valence-corrected chi connectivity index (χ2v) is 8.98. The normalized spacial score (nSPS) is 17.0. The van der Waals surface area contributed by atoms with E-state index in [2.05, 4.69) is 25.5 Å². The molecule has 0 aliphatic carbocycles. The van der Waals surface area contributed by atoms with Crippen LogP contribution in [0.4, 0.5) is 14.6 Å². The molecule has 0 saturated heterocycles. The summed E-state index contributed by atoms with van der Waals surface area (Å²) < 4.78 is 32.4. The van der Waals surface area contributed by atoms with E-state index in [9.17, 15) is 13.6 Å². The van der Waals surface area contributed by atoms with Gasteiger partial charge in [0.05, 0.1) is 23.0 Å². The molecule has 3 aromatic heterocycles. The Balaban J connectivity index is 1.36. The lowest BCUT2D eigenvalue weighted by Gasteiger charge is -2.17. The van der Waals surface area contributed by atoms with Crippen molar-refractivity contribution in [1.82, 2.24) is 29.8 Å². The van der Waals surface area contributed by atoms with Gasteiger partial charge in [-0.25, -0.2) is 9.98 Å². The van der Waals surface area contributed by atoms with Gasteiger partial charge in [0.25, 0.3) is 5.56 Å². The number of nitrogen functional groups attached to an aromatic ring is 1. The Kier molecular flexibility index (Phi) is 5.22. The summed E-state index contributed by atoms with van der Waals surface area (Å²) in [5.74, 6) is -1.49. The molecule has 0 fully saturated rings. The molecule has 0 bridgehead atoms. The predicted octanol–water partition coefficient (Wildman–Crippen LogP) is 3.82. The highest BCUT2D eigenvalue weighted by molar-refractivity contribution is 6.31. The van der Waals surface area contributed by atoms with Crippen LogP contribution in [0.1, 0.15) is 30.1 Å². The number of nitrogens with two attached hydrogens (primary N) is 1. The van der Waals surface area contributed by atoms with Crippen molar-refractivity contribution < 1.29 is 8.78 Å². The summed E-state index contributed by atoms with van der Waals surface area (Å²) in [5, 5.41) is 11.8. The minimum atomic E-state index is -0.809. The van der Waals surface area contributed by atoms with Crippen LogP contribution < -0.4 is 11.3 Å². The fourth-order valence-electron chi connectivity index (χ4n) is 4.85. The standard InChI is InChI=1S/C24H17ClF2N8O/c25-13-1-4-19(34-11-29-32-33-34)16(9-13)12-7-14-2-5-20(35(14)22(36)8-12)17-10-18(30-24(17)27)15-3-6-21(28)31-23(15)26/h1,3-4,6-9,11,20H,2,5,10H2,(H2,28,31)/t20-/m1/s1. The van der Waals surface area contributed by atoms with E-state index in [4.69, 9.17) is 17.3 Å². The van der Waals surface area contributed by atoms with Gasteiger partial charge in [0, 0.05) is 34.3 Å². The SMILES string of the molecule is Nc1ccc(C2=NC(F)=C([C@H]3CCc4cc(-c5cc(Cl)ccc5-n5cnnn5)cc(=O)n43)C2)c(F)n1. The van der Waals surface area contributed by atoms with E-state index < -0.39 is 17.9 Å². The summed E-state index contributed by atoms with van der Waals surface area (Å²) in [4.78, 5) is 20.9. The molecule has 1 aromatic carbocycles. The van der Waals surface area contributed by atoms with Gasteiger partial charge in [-0.15, -0.1) is 5.10 Å². The van der Waals surface area contributed by atoms with Crippen molar-refractivity contribution in [1.29, 1.82) is 0 Å². The van der Waals surface area contributed by atoms with Crippen LogP contribution in [0.5, 0.6) is 0 Å². The maximum absolute atomic E-state index is 15.0. The van der Waals surface area contributed by atoms with Crippen LogP contribution in [0.2, 0.25) is 5.02 Å². The maximum atomic E-state index is 15.0. The second-order valence-electron chi connectivity index (χ2n) is 8.54. The topological polar surface area (TPSA) is 117 Å². The number of benzene rings is 1. The molecule has 9 nitrogen and oxygen atoms in total. The van der Waals surface area contributed by atoms with Crippen LogP contribution in [-0.2, 0) is 6.42 Å². The van der Waals surface area contributed by atoms with Crippen molar-refractivity contribution in [3.63, 3.8) is 0 Å². The Morgan fingerprint density at radius 2 is 1.94 bits per heavy atom. The zero-order valence-electron chi connectivity index (χ0n) is 18.6. The van der Waals surface area contributed by atoms with E-state index in [-0.39, 0.29) is 29.1 Å². The average molecular weight is 507 g/mol. The highest BCUT2D eigenvalue weighted by atomic mass is 35.5. The predicted molar refractivity (Wildman–Crippen MR) is 129 cm³/mol. The van der Waals surface area contributed by atoms with Gasteiger partial charge in [0.1, 0.15) is 12.1 Å². The molecule has 0 spiro atoms. The molecule has 6 rings (SSSR count). The molecule has 0 amide bonds. The first-order valence-corrected chi connectivity index (χ1v) is 11.4. The summed E-state index contributed by atoms with van der Waals surface area (Å²) >= 11 is 6.25. The number of aryl methyl sites for hydroxylation is 1. The first-order chi connectivity index (χ1) is 17.4. The lowest BCUT2D eigenvalue weighted by Crippen LogP contribution is -2.24. The third kappa shape index (κ3) is 3.68. The van der Waals surface area contributed by atoms with Gasteiger partial charge >= 0.3 is 0 Å². The molecule has 0 saturated carbocycles. The van der Waals surface area contributed by atoms with Crippen LogP contribution in [0, 0.1) is 5.95 Å². The Bertz CT molecular complexity index is 1640. The average Bonchev–Trinajstić information content (AvgIpc) is 3.59. The highest BCUT2D eigenvalue weighted by Crippen LogP contribution is 2.40. The van der Waals surface area contributed by atoms with Gasteiger partial charge in [-0.2, -0.15) is 13.5 Å². The number of halogens is 3. The first-order valence-electron chi connectivity index (χ1n) is 11.1. The quantitative estimate of drug-likeness (QED) is 0.332. The molecule has 2 N–H and O–H groups in total. The minimum Gasteiger partial charge on any atom is -0.384 e. The van der Waals surface area contributed by atoms with E-state index in [0.717, 1.165) is 5.69 Å². The Labute approximate surface area is 207 Å². The second kappa shape index (κ2) is 8.45. The molecule has 36 heavy (non-hydrogen) atoms. The lowest BCUT2D eigenvalue weighted by atomic mass is 9.99. The molecule has 2 aliphatic heterocycles. The van der Waals surface area contributed by atoms with Crippen molar-refractivity contribution in [3.05, 3.63) is 92.9 Å². The number of allylic oxidation sites excluding steroid dienone is 1. The number of aromatic nitrogens is 6. The minimum absolute atomic E-state index is 0.0264. The molecular weight excluding hydrogens is 490 g/mol. The molecule has 1 atom stereocenters. The van der Waals surface area contributed by atoms with Gasteiger partial charge in [-0.05, 0) is 65.2 Å². The van der Waals surface area contributed by atoms with Crippen molar-refractivity contribution in [2.45, 2.75) is 25.3 Å². The van der Waals surface area contributed by atoms with Gasteiger partial charge in [0.15, 0.2) is 0 Å². The zero-order valence-corrected chi connectivity index (χ0v) is 19.3. The van der Waals surface area contributed by atoms with E-state index in [0.29, 0.717) is 40.3 Å². The summed E-state index contributed by atoms with van der Waals surface area (Å²) in [5.41, 5.74) is 8.61. The third-order valence-electron chi connectivity index (χ3n) is 6.44. The van der Waals surface area contributed by atoms with Crippen LogP contribution in [-0.4, -0.2) is 35.5 Å². The number of fused-ring (bicyclic) bond motifs is 1. The van der Waals surface area contributed by atoms with Gasteiger partial charge in [0.2, 0.25) is 11.9 Å². The number of pyridine rings is 2. The number of nitrogens with zero attached hydrogens (tertiary/aromatic N) is 7. The highest BCUT2D eigenvalue weighted by Gasteiger charge is 2.33. The lowest BCUT2D eigenvalue weighted by molar-refractivity contribution is 0.538. The van der Waals surface area contributed by atoms with E-state index >= 15 is 0 Å². The van der Waals surface area contributed by atoms with Gasteiger partial charge in [-0.3, -0.25) is 4.79 Å². The Morgan fingerprint density at radius 3 is 2.72 bits per heavy atom. The summed E-state index contributed by atoms with van der Waals surface area (Å²) in [6, 6.07) is 10.9. The molecule has 12 heteroatoms. The van der Waals surface area contributed by atoms with Crippen molar-refractivity contribution in [3.8, 4) is 16.8 Å². The van der Waals surface area contributed by atoms with Gasteiger partial charge in [-0.1, -0.05) is 11.6 Å². The van der Waals surface area contributed by atoms with Crippen LogP contribution >= 0.6 is 11.6 Å². The smallest absolute Gasteiger partial charge is 0.251 e. The Hall–Kier alpha value is -4.25. The molecule has 2 aliphatic rings. The number of anilines is 1. The summed E-state index contributed by atoms with van der Waals surface area (Å²) in [7, 11) is 0. The summed E-state index contributed by atoms with van der Waals surface area (Å²) in [6.07, 6.45) is 2.60. The molecular formula is C24H17ClF2N8O. The van der Waals surface area contributed by atoms with Crippen LogP contribution in [0.25, 0.3) is 16.8 Å². The van der Waals surface area contributed by atoms with Crippen molar-refractivity contribution >= 4 is 23.1 Å². The molecule has 5 heterocycles. The van der Waals surface area contributed by atoms with Gasteiger partial charge < -0.3 is 10.3 Å². The number of rotatable bonds is 4. The fraction of sp³-hybridized carbons (Fsp3) is 0.167. The Morgan fingerprint density at radius 1 is 1.08 bits per heavy atom. The molecule has 0 unspecified atom stereocenters. The largest absolute Gasteiger partial charge is 0.384 e. The first kappa shape index (κ1) is 22.2. The maximum Gasteiger partial charge on any atom is 0.251 e. The van der Waals surface area contributed by atoms with E-state index in [1.54, 1.807) is 22.8 Å². The molecule has 4 aromatic rings. The molecule has 0 radical (unpaired) electrons. The summed E-state index contributed by atoms with van der Waals surface area (Å²) in [6.45, 7) is 0. The van der Waals surface area contributed by atoms with Crippen molar-refractivity contribution in [2.75, 3.05) is 5.73 Å². The van der Waals surface area contributed by atoms with Crippen LogP contribution in [0.3, 0.4) is 0 Å². The van der Waals surface area contributed by atoms with Crippen molar-refractivity contribution in [2.24, 2.45) is 4.99 Å². The number of hydrogen-bond donors (Lipinski definition) is 1. The van der Waals surface area contributed by atoms with Crippen LogP contribution in [0.15, 0.2) is 70.1 Å². The zero-order chi connectivity index (χ0) is 25.0.